The van der Waals surface area contributed by atoms with Crippen molar-refractivity contribution in [3.63, 3.8) is 0 Å². The zero-order chi connectivity index (χ0) is 14.8. The van der Waals surface area contributed by atoms with Crippen molar-refractivity contribution in [2.75, 3.05) is 18.0 Å². The molecule has 0 aliphatic carbocycles. The first-order valence-corrected chi connectivity index (χ1v) is 8.02. The average Bonchev–Trinajstić information content (AvgIpc) is 2.51. The number of benzene rings is 1. The Hall–Kier alpha value is -1.03. The second-order valence-corrected chi connectivity index (χ2v) is 6.20. The zero-order valence-corrected chi connectivity index (χ0v) is 13.6. The largest absolute Gasteiger partial charge is 0.355 e. The molecule has 21 heavy (non-hydrogen) atoms. The molecule has 2 aromatic rings. The van der Waals surface area contributed by atoms with Crippen LogP contribution >= 0.6 is 34.8 Å². The third-order valence-electron chi connectivity index (χ3n) is 3.55. The van der Waals surface area contributed by atoms with Crippen LogP contribution in [-0.4, -0.2) is 23.1 Å². The summed E-state index contributed by atoms with van der Waals surface area (Å²) in [5.74, 6) is 1.29. The molecule has 1 saturated heterocycles. The Labute approximate surface area is 138 Å². The molecule has 1 fully saturated rings. The second-order valence-electron chi connectivity index (χ2n) is 5.03. The number of halogens is 3. The van der Waals surface area contributed by atoms with Gasteiger partial charge in [0.05, 0.1) is 0 Å². The first-order valence-electron chi connectivity index (χ1n) is 6.89. The molecular weight excluding hydrogens is 329 g/mol. The van der Waals surface area contributed by atoms with E-state index in [1.54, 1.807) is 0 Å². The van der Waals surface area contributed by atoms with E-state index in [1.807, 2.05) is 24.3 Å². The van der Waals surface area contributed by atoms with E-state index < -0.39 is 0 Å². The summed E-state index contributed by atoms with van der Waals surface area (Å²) in [6, 6.07) is 7.37. The minimum absolute atomic E-state index is 0.289. The van der Waals surface area contributed by atoms with Crippen molar-refractivity contribution in [3.8, 4) is 11.4 Å². The molecule has 0 spiro atoms. The van der Waals surface area contributed by atoms with E-state index in [2.05, 4.69) is 14.9 Å². The number of aromatic nitrogens is 2. The fourth-order valence-corrected chi connectivity index (χ4v) is 2.95. The lowest BCUT2D eigenvalue weighted by atomic mass is 10.1. The number of nitrogens with zero attached hydrogens (tertiary/aromatic N) is 3. The van der Waals surface area contributed by atoms with Gasteiger partial charge in [0, 0.05) is 23.7 Å². The summed E-state index contributed by atoms with van der Waals surface area (Å²) in [6.45, 7) is 1.90. The van der Waals surface area contributed by atoms with Gasteiger partial charge in [-0.3, -0.25) is 0 Å². The number of rotatable bonds is 2. The maximum absolute atomic E-state index is 6.29. The molecule has 0 atom stereocenters. The van der Waals surface area contributed by atoms with Crippen LogP contribution < -0.4 is 4.90 Å². The molecule has 0 N–H and O–H groups in total. The number of piperidine rings is 1. The predicted molar refractivity (Wildman–Crippen MR) is 88.6 cm³/mol. The first-order chi connectivity index (χ1) is 10.1. The fourth-order valence-electron chi connectivity index (χ4n) is 2.45. The molecule has 6 heteroatoms. The normalized spacial score (nSPS) is 15.3. The van der Waals surface area contributed by atoms with Gasteiger partial charge in [-0.25, -0.2) is 9.97 Å². The highest BCUT2D eigenvalue weighted by molar-refractivity contribution is 6.42. The second kappa shape index (κ2) is 6.39. The molecule has 0 radical (unpaired) electrons. The molecule has 1 aliphatic heterocycles. The molecule has 2 heterocycles. The van der Waals surface area contributed by atoms with E-state index in [9.17, 15) is 0 Å². The third kappa shape index (κ3) is 3.25. The van der Waals surface area contributed by atoms with Gasteiger partial charge in [-0.15, -0.1) is 0 Å². The van der Waals surface area contributed by atoms with E-state index in [0.717, 1.165) is 37.3 Å². The molecule has 110 valence electrons. The maximum Gasteiger partial charge on any atom is 0.163 e. The summed E-state index contributed by atoms with van der Waals surface area (Å²) in [5.41, 5.74) is 0.872. The molecule has 3 nitrogen and oxygen atoms in total. The van der Waals surface area contributed by atoms with Crippen LogP contribution in [-0.2, 0) is 0 Å². The van der Waals surface area contributed by atoms with Crippen molar-refractivity contribution >= 4 is 40.6 Å². The Morgan fingerprint density at radius 3 is 2.19 bits per heavy atom. The summed E-state index contributed by atoms with van der Waals surface area (Å²) >= 11 is 18.4. The summed E-state index contributed by atoms with van der Waals surface area (Å²) < 4.78 is 0. The van der Waals surface area contributed by atoms with E-state index in [1.165, 1.54) is 6.42 Å². The van der Waals surface area contributed by atoms with Crippen molar-refractivity contribution in [2.45, 2.75) is 19.3 Å². The summed E-state index contributed by atoms with van der Waals surface area (Å²) in [5, 5.41) is 1.39. The van der Waals surface area contributed by atoms with E-state index in [-0.39, 0.29) is 5.15 Å². The van der Waals surface area contributed by atoms with Crippen LogP contribution in [0, 0.1) is 0 Å². The van der Waals surface area contributed by atoms with Gasteiger partial charge >= 0.3 is 0 Å². The molecule has 0 amide bonds. The number of hydrogen-bond acceptors (Lipinski definition) is 3. The van der Waals surface area contributed by atoms with Gasteiger partial charge in [0.25, 0.3) is 0 Å². The van der Waals surface area contributed by atoms with Crippen molar-refractivity contribution in [1.29, 1.82) is 0 Å². The molecule has 1 aliphatic rings. The molecule has 1 aromatic carbocycles. The lowest BCUT2D eigenvalue weighted by molar-refractivity contribution is 0.573. The minimum atomic E-state index is 0.289. The predicted octanol–water partition coefficient (Wildman–Crippen LogP) is 5.09. The average molecular weight is 343 g/mol. The number of anilines is 1. The van der Waals surface area contributed by atoms with Crippen molar-refractivity contribution in [2.24, 2.45) is 0 Å². The van der Waals surface area contributed by atoms with Crippen molar-refractivity contribution in [1.82, 2.24) is 9.97 Å². The van der Waals surface area contributed by atoms with Gasteiger partial charge in [-0.2, -0.15) is 0 Å². The van der Waals surface area contributed by atoms with E-state index >= 15 is 0 Å². The van der Waals surface area contributed by atoms with Crippen LogP contribution in [0.1, 0.15) is 19.3 Å². The van der Waals surface area contributed by atoms with Gasteiger partial charge in [-0.05, 0) is 43.5 Å². The monoisotopic (exact) mass is 341 g/mol. The highest BCUT2D eigenvalue weighted by Gasteiger charge is 2.19. The van der Waals surface area contributed by atoms with Crippen LogP contribution in [0.3, 0.4) is 0 Å². The lowest BCUT2D eigenvalue weighted by Crippen LogP contribution is -2.30. The Morgan fingerprint density at radius 2 is 1.52 bits per heavy atom. The van der Waals surface area contributed by atoms with Crippen LogP contribution in [0.4, 0.5) is 5.82 Å². The fraction of sp³-hybridized carbons (Fsp3) is 0.333. The van der Waals surface area contributed by atoms with Gasteiger partial charge in [-0.1, -0.05) is 34.8 Å². The quantitative estimate of drug-likeness (QED) is 0.711. The topological polar surface area (TPSA) is 29.0 Å². The Kier molecular flexibility index (Phi) is 4.53. The van der Waals surface area contributed by atoms with E-state index in [4.69, 9.17) is 34.8 Å². The van der Waals surface area contributed by atoms with Crippen LogP contribution in [0.25, 0.3) is 11.4 Å². The molecule has 1 aromatic heterocycles. The standard InChI is InChI=1S/C15H14Cl3N3/c16-11-6-4-10(5-7-11)14-19-13(18)12(17)15(20-14)21-8-2-1-3-9-21/h4-7H,1-3,8-9H2. The number of hydrogen-bond donors (Lipinski definition) is 0. The Balaban J connectivity index is 2.02. The maximum atomic E-state index is 6.29. The Morgan fingerprint density at radius 1 is 0.857 bits per heavy atom. The van der Waals surface area contributed by atoms with Crippen molar-refractivity contribution in [3.05, 3.63) is 39.5 Å². The van der Waals surface area contributed by atoms with Crippen LogP contribution in [0.2, 0.25) is 15.2 Å². The highest BCUT2D eigenvalue weighted by Crippen LogP contribution is 2.33. The smallest absolute Gasteiger partial charge is 0.163 e. The molecular formula is C15H14Cl3N3. The van der Waals surface area contributed by atoms with Crippen LogP contribution in [0.15, 0.2) is 24.3 Å². The summed E-state index contributed by atoms with van der Waals surface area (Å²) in [4.78, 5) is 11.1. The van der Waals surface area contributed by atoms with Crippen molar-refractivity contribution < 1.29 is 0 Å². The van der Waals surface area contributed by atoms with Gasteiger partial charge in [0.1, 0.15) is 5.02 Å². The summed E-state index contributed by atoms with van der Waals surface area (Å²) in [7, 11) is 0. The first kappa shape index (κ1) is 14.9. The molecule has 3 rings (SSSR count). The van der Waals surface area contributed by atoms with Gasteiger partial charge in [0.15, 0.2) is 16.8 Å². The molecule has 0 saturated carbocycles. The summed E-state index contributed by atoms with van der Waals surface area (Å²) in [6.07, 6.45) is 3.54. The minimum Gasteiger partial charge on any atom is -0.355 e. The molecule has 0 unspecified atom stereocenters. The van der Waals surface area contributed by atoms with Gasteiger partial charge < -0.3 is 4.90 Å². The lowest BCUT2D eigenvalue weighted by Gasteiger charge is -2.28. The zero-order valence-electron chi connectivity index (χ0n) is 11.3. The van der Waals surface area contributed by atoms with E-state index in [0.29, 0.717) is 15.9 Å². The SMILES string of the molecule is Clc1ccc(-c2nc(Cl)c(Cl)c(N3CCCCC3)n2)cc1. The third-order valence-corrected chi connectivity index (χ3v) is 4.52. The highest BCUT2D eigenvalue weighted by atomic mass is 35.5. The molecule has 0 bridgehead atoms. The van der Waals surface area contributed by atoms with Gasteiger partial charge in [0.2, 0.25) is 0 Å². The van der Waals surface area contributed by atoms with Crippen LogP contribution in [0.5, 0.6) is 0 Å². The Bertz CT molecular complexity index is 637.